The fourth-order valence-corrected chi connectivity index (χ4v) is 8.18. The van der Waals surface area contributed by atoms with Crippen LogP contribution in [-0.2, 0) is 13.1 Å². The van der Waals surface area contributed by atoms with Gasteiger partial charge in [0.2, 0.25) is 0 Å². The largest absolute Gasteiger partial charge is 0.348 e. The van der Waals surface area contributed by atoms with Crippen LogP contribution >= 0.6 is 0 Å². The summed E-state index contributed by atoms with van der Waals surface area (Å²) in [4.78, 5) is 27.7. The van der Waals surface area contributed by atoms with Gasteiger partial charge in [0.05, 0.1) is 0 Å². The lowest BCUT2D eigenvalue weighted by Gasteiger charge is -2.15. The number of hydrogen-bond acceptors (Lipinski definition) is 2. The lowest BCUT2D eigenvalue weighted by atomic mass is 9.92. The predicted octanol–water partition coefficient (Wildman–Crippen LogP) is 10.7. The zero-order chi connectivity index (χ0) is 34.1. The first kappa shape index (κ1) is 29.4. The minimum Gasteiger partial charge on any atom is -0.348 e. The van der Waals surface area contributed by atoms with Gasteiger partial charge in [-0.1, -0.05) is 127 Å². The van der Waals surface area contributed by atoms with Crippen LogP contribution in [0.15, 0.2) is 146 Å². The number of hydrogen-bond donors (Lipinski definition) is 2. The Hall–Kier alpha value is -6.52. The van der Waals surface area contributed by atoms with Gasteiger partial charge >= 0.3 is 0 Å². The van der Waals surface area contributed by atoms with Gasteiger partial charge in [0.1, 0.15) is 0 Å². The van der Waals surface area contributed by atoms with E-state index in [1.54, 1.807) is 6.07 Å². The molecule has 0 spiro atoms. The summed E-state index contributed by atoms with van der Waals surface area (Å²) in [6.45, 7) is 0.742. The van der Waals surface area contributed by atoms with Crippen LogP contribution in [0.2, 0.25) is 0 Å². The Bertz CT molecular complexity index is 2720. The van der Waals surface area contributed by atoms with Crippen molar-refractivity contribution in [3.63, 3.8) is 0 Å². The molecule has 10 rings (SSSR count). The van der Waals surface area contributed by atoms with Crippen LogP contribution in [0.3, 0.4) is 0 Å². The van der Waals surface area contributed by atoms with Gasteiger partial charge in [-0.2, -0.15) is 0 Å². The lowest BCUT2D eigenvalue weighted by Crippen LogP contribution is -2.26. The van der Waals surface area contributed by atoms with E-state index in [9.17, 15) is 9.59 Å². The van der Waals surface area contributed by atoms with Gasteiger partial charge in [-0.3, -0.25) is 9.59 Å². The van der Waals surface area contributed by atoms with Gasteiger partial charge < -0.3 is 10.6 Å². The van der Waals surface area contributed by atoms with Crippen molar-refractivity contribution in [2.75, 3.05) is 0 Å². The maximum absolute atomic E-state index is 13.8. The third-order valence-corrected chi connectivity index (χ3v) is 10.7. The maximum atomic E-state index is 13.8. The standard InChI is InChI=1S/C47H32N2O2/c50-46(48-26-35-17-15-33-13-11-29-7-3-9-31-19-21-40(35)44(33)42(29)31)38-23-37(28-5-1-2-6-28)24-39(25-38)47(51)49-27-36-18-16-34-14-12-30-8-4-10-32-20-22-41(36)45(34)43(30)32/h1,3-25H,2,26-27H2,(H,48,50)(H,49,51). The molecular formula is C47H32N2O2. The number of carbonyl (C=O) groups excluding carboxylic acids is 2. The molecule has 2 N–H and O–H groups in total. The summed E-state index contributed by atoms with van der Waals surface area (Å²) in [7, 11) is 0. The molecule has 0 heterocycles. The van der Waals surface area contributed by atoms with E-state index in [1.807, 2.05) is 18.2 Å². The molecule has 9 aromatic rings. The Kier molecular flexibility index (Phi) is 6.65. The Morgan fingerprint density at radius 2 is 0.922 bits per heavy atom. The first-order valence-electron chi connectivity index (χ1n) is 17.5. The summed E-state index contributed by atoms with van der Waals surface area (Å²) in [5.74, 6) is -0.433. The molecule has 0 aliphatic heterocycles. The fraction of sp³-hybridized carbons (Fsp3) is 0.0638. The average molecular weight is 657 g/mol. The second kappa shape index (κ2) is 11.5. The van der Waals surface area contributed by atoms with Crippen LogP contribution in [0.5, 0.6) is 0 Å². The van der Waals surface area contributed by atoms with Crippen molar-refractivity contribution in [1.29, 1.82) is 0 Å². The van der Waals surface area contributed by atoms with Crippen molar-refractivity contribution in [1.82, 2.24) is 10.6 Å². The van der Waals surface area contributed by atoms with Crippen LogP contribution < -0.4 is 10.6 Å². The van der Waals surface area contributed by atoms with Gasteiger partial charge in [0, 0.05) is 24.2 Å². The number of amides is 2. The molecule has 1 aliphatic carbocycles. The van der Waals surface area contributed by atoms with E-state index in [2.05, 4.69) is 132 Å². The molecule has 4 heteroatoms. The molecule has 0 atom stereocenters. The quantitative estimate of drug-likeness (QED) is 0.168. The molecule has 1 aliphatic rings. The number of nitrogens with one attached hydrogen (secondary N) is 2. The van der Waals surface area contributed by atoms with Crippen molar-refractivity contribution in [2.45, 2.75) is 19.5 Å². The van der Waals surface area contributed by atoms with E-state index in [4.69, 9.17) is 0 Å². The van der Waals surface area contributed by atoms with E-state index >= 15 is 0 Å². The van der Waals surface area contributed by atoms with Crippen molar-refractivity contribution in [2.24, 2.45) is 0 Å². The van der Waals surface area contributed by atoms with Crippen LogP contribution in [0.1, 0.15) is 43.8 Å². The minimum atomic E-state index is -0.217. The number of benzene rings is 9. The van der Waals surface area contributed by atoms with Crippen molar-refractivity contribution >= 4 is 82.0 Å². The van der Waals surface area contributed by atoms with E-state index < -0.39 is 0 Å². The Labute approximate surface area is 294 Å². The highest BCUT2D eigenvalue weighted by molar-refractivity contribution is 6.24. The molecule has 0 unspecified atom stereocenters. The second-order valence-electron chi connectivity index (χ2n) is 13.6. The number of carbonyl (C=O) groups is 2. The molecule has 9 aromatic carbocycles. The van der Waals surface area contributed by atoms with E-state index in [-0.39, 0.29) is 11.8 Å². The second-order valence-corrected chi connectivity index (χ2v) is 13.6. The fourth-order valence-electron chi connectivity index (χ4n) is 8.18. The van der Waals surface area contributed by atoms with Crippen LogP contribution in [-0.4, -0.2) is 11.8 Å². The lowest BCUT2D eigenvalue weighted by molar-refractivity contribution is 0.0950. The summed E-state index contributed by atoms with van der Waals surface area (Å²) in [6.07, 6.45) is 7.09. The Balaban J connectivity index is 0.946. The molecule has 0 aromatic heterocycles. The van der Waals surface area contributed by atoms with Gasteiger partial charge in [-0.05, 0) is 112 Å². The van der Waals surface area contributed by atoms with Crippen molar-refractivity contribution < 1.29 is 9.59 Å². The van der Waals surface area contributed by atoms with Gasteiger partial charge in [0.25, 0.3) is 11.8 Å². The van der Waals surface area contributed by atoms with Gasteiger partial charge in [-0.15, -0.1) is 0 Å². The van der Waals surface area contributed by atoms with Crippen molar-refractivity contribution in [3.8, 4) is 0 Å². The summed E-state index contributed by atoms with van der Waals surface area (Å²) in [5.41, 5.74) is 4.89. The van der Waals surface area contributed by atoms with Crippen LogP contribution in [0.25, 0.3) is 70.2 Å². The Morgan fingerprint density at radius 3 is 1.37 bits per heavy atom. The first-order chi connectivity index (χ1) is 25.1. The highest BCUT2D eigenvalue weighted by atomic mass is 16.2. The van der Waals surface area contributed by atoms with E-state index in [1.165, 1.54) is 53.9 Å². The summed E-state index contributed by atoms with van der Waals surface area (Å²) >= 11 is 0. The smallest absolute Gasteiger partial charge is 0.251 e. The molecule has 2 amide bonds. The number of rotatable bonds is 7. The topological polar surface area (TPSA) is 58.2 Å². The molecule has 0 bridgehead atoms. The molecule has 0 fully saturated rings. The SMILES string of the molecule is O=C(NCc1ccc2ccc3cccc4ccc1c2c34)c1cc(C(=O)NCc2ccc3ccc4cccc5ccc2c3c45)cc(C2=CCC=C2)c1. The highest BCUT2D eigenvalue weighted by Crippen LogP contribution is 2.37. The summed E-state index contributed by atoms with van der Waals surface area (Å²) in [5, 5.41) is 20.8. The van der Waals surface area contributed by atoms with Gasteiger partial charge in [0.15, 0.2) is 0 Å². The minimum absolute atomic E-state index is 0.217. The molecule has 0 saturated carbocycles. The third-order valence-electron chi connectivity index (χ3n) is 10.7. The van der Waals surface area contributed by atoms with E-state index in [0.717, 1.165) is 39.5 Å². The summed E-state index contributed by atoms with van der Waals surface area (Å²) in [6, 6.07) is 44.1. The molecule has 4 nitrogen and oxygen atoms in total. The zero-order valence-corrected chi connectivity index (χ0v) is 27.8. The summed E-state index contributed by atoms with van der Waals surface area (Å²) < 4.78 is 0. The van der Waals surface area contributed by atoms with E-state index in [0.29, 0.717) is 24.2 Å². The molecular weight excluding hydrogens is 625 g/mol. The normalized spacial score (nSPS) is 13.0. The number of allylic oxidation sites excluding steroid dienone is 4. The molecule has 0 saturated heterocycles. The molecule has 242 valence electrons. The molecule has 51 heavy (non-hydrogen) atoms. The predicted molar refractivity (Wildman–Crippen MR) is 211 cm³/mol. The zero-order valence-electron chi connectivity index (χ0n) is 27.8. The van der Waals surface area contributed by atoms with Gasteiger partial charge in [-0.25, -0.2) is 0 Å². The van der Waals surface area contributed by atoms with Crippen molar-refractivity contribution in [3.05, 3.63) is 173 Å². The van der Waals surface area contributed by atoms with Crippen LogP contribution in [0, 0.1) is 0 Å². The average Bonchev–Trinajstić information content (AvgIpc) is 3.73. The Morgan fingerprint density at radius 1 is 0.490 bits per heavy atom. The molecule has 0 radical (unpaired) electrons. The highest BCUT2D eigenvalue weighted by Gasteiger charge is 2.18. The third kappa shape index (κ3) is 4.83. The van der Waals surface area contributed by atoms with Crippen LogP contribution in [0.4, 0.5) is 0 Å². The maximum Gasteiger partial charge on any atom is 0.251 e. The first-order valence-corrected chi connectivity index (χ1v) is 17.5. The monoisotopic (exact) mass is 656 g/mol.